The molecule has 0 radical (unpaired) electrons. The first kappa shape index (κ1) is 13.7. The number of pyridine rings is 1. The van der Waals surface area contributed by atoms with Crippen molar-refractivity contribution < 1.29 is 0 Å². The van der Waals surface area contributed by atoms with Crippen LogP contribution in [0, 0.1) is 16.7 Å². The first-order valence-electron chi connectivity index (χ1n) is 6.15. The fourth-order valence-electron chi connectivity index (χ4n) is 1.61. The van der Waals surface area contributed by atoms with E-state index in [0.717, 1.165) is 32.4 Å². The van der Waals surface area contributed by atoms with Crippen molar-refractivity contribution in [3.63, 3.8) is 0 Å². The molecule has 0 aromatic carbocycles. The summed E-state index contributed by atoms with van der Waals surface area (Å²) in [4.78, 5) is 4.07. The van der Waals surface area contributed by atoms with E-state index in [1.165, 1.54) is 5.56 Å². The highest BCUT2D eigenvalue weighted by atomic mass is 14.8. The molecular weight excluding hydrogens is 210 g/mol. The summed E-state index contributed by atoms with van der Waals surface area (Å²) < 4.78 is 0. The number of hydrogen-bond acceptors (Lipinski definition) is 3. The topological polar surface area (TPSA) is 48.7 Å². The molecule has 0 saturated heterocycles. The predicted molar refractivity (Wildman–Crippen MR) is 69.2 cm³/mol. The Kier molecular flexibility index (Phi) is 5.65. The zero-order valence-electron chi connectivity index (χ0n) is 10.7. The normalized spacial score (nSPS) is 11.1. The van der Waals surface area contributed by atoms with Crippen LogP contribution in [0.4, 0.5) is 0 Å². The Bertz CT molecular complexity index is 351. The van der Waals surface area contributed by atoms with Crippen LogP contribution in [-0.4, -0.2) is 11.5 Å². The third kappa shape index (κ3) is 6.03. The second-order valence-corrected chi connectivity index (χ2v) is 4.99. The first-order valence-corrected chi connectivity index (χ1v) is 6.15. The minimum atomic E-state index is -0.177. The Morgan fingerprint density at radius 1 is 1.41 bits per heavy atom. The summed E-state index contributed by atoms with van der Waals surface area (Å²) in [6.07, 6.45) is 6.85. The van der Waals surface area contributed by atoms with Gasteiger partial charge in [-0.1, -0.05) is 12.5 Å². The molecule has 0 aliphatic heterocycles. The van der Waals surface area contributed by atoms with E-state index in [2.05, 4.69) is 22.4 Å². The molecular formula is C14H21N3. The Morgan fingerprint density at radius 3 is 2.88 bits per heavy atom. The smallest absolute Gasteiger partial charge is 0.0683 e. The van der Waals surface area contributed by atoms with E-state index in [1.807, 2.05) is 26.1 Å². The van der Waals surface area contributed by atoms with Gasteiger partial charge in [-0.3, -0.25) is 4.98 Å². The monoisotopic (exact) mass is 231 g/mol. The Morgan fingerprint density at radius 2 is 2.24 bits per heavy atom. The van der Waals surface area contributed by atoms with E-state index in [0.29, 0.717) is 0 Å². The van der Waals surface area contributed by atoms with E-state index < -0.39 is 0 Å². The van der Waals surface area contributed by atoms with E-state index in [9.17, 15) is 0 Å². The number of nitrogens with one attached hydrogen (secondary N) is 1. The molecule has 0 spiro atoms. The van der Waals surface area contributed by atoms with Crippen LogP contribution in [0.25, 0.3) is 0 Å². The molecule has 0 unspecified atom stereocenters. The summed E-state index contributed by atoms with van der Waals surface area (Å²) in [5.74, 6) is 0. The lowest BCUT2D eigenvalue weighted by Gasteiger charge is -2.14. The molecule has 0 fully saturated rings. The van der Waals surface area contributed by atoms with Crippen molar-refractivity contribution in [2.24, 2.45) is 5.41 Å². The highest BCUT2D eigenvalue weighted by Gasteiger charge is 2.14. The van der Waals surface area contributed by atoms with Crippen LogP contribution >= 0.6 is 0 Å². The van der Waals surface area contributed by atoms with Gasteiger partial charge in [-0.25, -0.2) is 0 Å². The van der Waals surface area contributed by atoms with Gasteiger partial charge in [0.05, 0.1) is 11.5 Å². The lowest BCUT2D eigenvalue weighted by Crippen LogP contribution is -2.15. The summed E-state index contributed by atoms with van der Waals surface area (Å²) in [6, 6.07) is 6.35. The summed E-state index contributed by atoms with van der Waals surface area (Å²) in [5.41, 5.74) is 1.04. The van der Waals surface area contributed by atoms with Gasteiger partial charge in [-0.05, 0) is 44.9 Å². The van der Waals surface area contributed by atoms with Gasteiger partial charge < -0.3 is 5.32 Å². The van der Waals surface area contributed by atoms with Crippen LogP contribution in [0.1, 0.15) is 38.7 Å². The summed E-state index contributed by atoms with van der Waals surface area (Å²) in [5, 5.41) is 12.3. The van der Waals surface area contributed by atoms with Gasteiger partial charge in [-0.2, -0.15) is 5.26 Å². The SMILES string of the molecule is CC(C)(C#N)CCCCNCc1cccnc1. The molecule has 0 aliphatic rings. The van der Waals surface area contributed by atoms with Crippen LogP contribution in [0.5, 0.6) is 0 Å². The minimum absolute atomic E-state index is 0.177. The predicted octanol–water partition coefficient (Wildman–Crippen LogP) is 2.89. The second kappa shape index (κ2) is 7.03. The fourth-order valence-corrected chi connectivity index (χ4v) is 1.61. The molecule has 92 valence electrons. The maximum absolute atomic E-state index is 8.87. The molecule has 0 saturated carbocycles. The Labute approximate surface area is 104 Å². The first-order chi connectivity index (χ1) is 8.14. The van der Waals surface area contributed by atoms with E-state index in [4.69, 9.17) is 5.26 Å². The average Bonchev–Trinajstić information content (AvgIpc) is 2.35. The van der Waals surface area contributed by atoms with Gasteiger partial charge >= 0.3 is 0 Å². The average molecular weight is 231 g/mol. The van der Waals surface area contributed by atoms with Gasteiger partial charge in [0.1, 0.15) is 0 Å². The third-order valence-electron chi connectivity index (χ3n) is 2.76. The standard InChI is InChI=1S/C14H21N3/c1-14(2,12-15)7-3-4-8-16-10-13-6-5-9-17-11-13/h5-6,9,11,16H,3-4,7-8,10H2,1-2H3. The van der Waals surface area contributed by atoms with Crippen LogP contribution in [0.3, 0.4) is 0 Å². The third-order valence-corrected chi connectivity index (χ3v) is 2.76. The maximum atomic E-state index is 8.87. The van der Waals surface area contributed by atoms with Crippen LogP contribution in [0.15, 0.2) is 24.5 Å². The second-order valence-electron chi connectivity index (χ2n) is 4.99. The van der Waals surface area contributed by atoms with Gasteiger partial charge in [-0.15, -0.1) is 0 Å². The molecule has 1 rings (SSSR count). The van der Waals surface area contributed by atoms with E-state index in [1.54, 1.807) is 6.20 Å². The summed E-state index contributed by atoms with van der Waals surface area (Å²) in [7, 11) is 0. The molecule has 1 aromatic heterocycles. The van der Waals surface area contributed by atoms with Crippen LogP contribution in [0.2, 0.25) is 0 Å². The molecule has 3 heteroatoms. The van der Waals surface area contributed by atoms with Gasteiger partial charge in [0, 0.05) is 18.9 Å². The molecule has 0 aliphatic carbocycles. The molecule has 0 atom stereocenters. The largest absolute Gasteiger partial charge is 0.313 e. The van der Waals surface area contributed by atoms with Crippen molar-refractivity contribution in [2.75, 3.05) is 6.54 Å². The quantitative estimate of drug-likeness (QED) is 0.734. The summed E-state index contributed by atoms with van der Waals surface area (Å²) in [6.45, 7) is 5.86. The minimum Gasteiger partial charge on any atom is -0.313 e. The van der Waals surface area contributed by atoms with Crippen molar-refractivity contribution in [3.05, 3.63) is 30.1 Å². The van der Waals surface area contributed by atoms with Crippen molar-refractivity contribution in [1.29, 1.82) is 5.26 Å². The molecule has 1 N–H and O–H groups in total. The Hall–Kier alpha value is -1.40. The van der Waals surface area contributed by atoms with Gasteiger partial charge in [0.15, 0.2) is 0 Å². The fraction of sp³-hybridized carbons (Fsp3) is 0.571. The molecule has 3 nitrogen and oxygen atoms in total. The Balaban J connectivity index is 2.04. The van der Waals surface area contributed by atoms with Crippen molar-refractivity contribution in [3.8, 4) is 6.07 Å². The summed E-state index contributed by atoms with van der Waals surface area (Å²) >= 11 is 0. The zero-order chi connectivity index (χ0) is 12.6. The molecule has 0 amide bonds. The molecule has 1 heterocycles. The van der Waals surface area contributed by atoms with Crippen molar-refractivity contribution >= 4 is 0 Å². The van der Waals surface area contributed by atoms with Gasteiger partial charge in [0.25, 0.3) is 0 Å². The van der Waals surface area contributed by atoms with E-state index in [-0.39, 0.29) is 5.41 Å². The van der Waals surface area contributed by atoms with Crippen molar-refractivity contribution in [2.45, 2.75) is 39.7 Å². The molecule has 17 heavy (non-hydrogen) atoms. The molecule has 1 aromatic rings. The highest BCUT2D eigenvalue weighted by molar-refractivity contribution is 5.07. The number of unbranched alkanes of at least 4 members (excludes halogenated alkanes) is 1. The van der Waals surface area contributed by atoms with E-state index >= 15 is 0 Å². The van der Waals surface area contributed by atoms with Crippen molar-refractivity contribution in [1.82, 2.24) is 10.3 Å². The van der Waals surface area contributed by atoms with Crippen LogP contribution < -0.4 is 5.32 Å². The number of nitrogens with zero attached hydrogens (tertiary/aromatic N) is 2. The zero-order valence-corrected chi connectivity index (χ0v) is 10.7. The maximum Gasteiger partial charge on any atom is 0.0683 e. The molecule has 0 bridgehead atoms. The van der Waals surface area contributed by atoms with Gasteiger partial charge in [0.2, 0.25) is 0 Å². The van der Waals surface area contributed by atoms with Crippen LogP contribution in [-0.2, 0) is 6.54 Å². The number of nitriles is 1. The highest BCUT2D eigenvalue weighted by Crippen LogP contribution is 2.21. The number of rotatable bonds is 7. The number of aromatic nitrogens is 1. The lowest BCUT2D eigenvalue weighted by molar-refractivity contribution is 0.422. The number of hydrogen-bond donors (Lipinski definition) is 1. The lowest BCUT2D eigenvalue weighted by atomic mass is 9.89.